The molecule has 0 aliphatic carbocycles. The molecule has 0 heterocycles. The maximum Gasteiger partial charge on any atom is 0.350 e. The Balaban J connectivity index is 2.95. The van der Waals surface area contributed by atoms with E-state index in [1.807, 2.05) is 6.07 Å². The summed E-state index contributed by atoms with van der Waals surface area (Å²) in [6.45, 7) is 21.8. The first-order chi connectivity index (χ1) is 11.1. The molecule has 144 valence electrons. The highest BCUT2D eigenvalue weighted by Crippen LogP contribution is 2.21. The smallest absolute Gasteiger partial charge is 0.350 e. The summed E-state index contributed by atoms with van der Waals surface area (Å²) in [6, 6.07) is 10.4. The third kappa shape index (κ3) is 9.06. The number of rotatable bonds is 9. The molecule has 1 rings (SSSR count). The van der Waals surface area contributed by atoms with Crippen molar-refractivity contribution in [2.24, 2.45) is 0 Å². The summed E-state index contributed by atoms with van der Waals surface area (Å²) in [5, 5.41) is 1.17. The summed E-state index contributed by atoms with van der Waals surface area (Å²) >= 11 is 0. The minimum absolute atomic E-state index is 1.17. The van der Waals surface area contributed by atoms with Crippen LogP contribution in [0.15, 0.2) is 30.3 Å². The fourth-order valence-electron chi connectivity index (χ4n) is 2.98. The van der Waals surface area contributed by atoms with Gasteiger partial charge in [-0.05, 0) is 70.7 Å². The molecule has 0 saturated heterocycles. The lowest BCUT2D eigenvalue weighted by atomic mass is 10.4. The molecule has 4 nitrogen and oxygen atoms in total. The van der Waals surface area contributed by atoms with Gasteiger partial charge in [0.2, 0.25) is 0 Å². The monoisotopic (exact) mass is 432 g/mol. The van der Waals surface area contributed by atoms with Gasteiger partial charge in [0, 0.05) is 0 Å². The minimum atomic E-state index is -2.51. The molecule has 25 heavy (non-hydrogen) atoms. The van der Waals surface area contributed by atoms with Gasteiger partial charge in [-0.25, -0.2) is 0 Å². The van der Waals surface area contributed by atoms with Crippen LogP contribution in [0.5, 0.6) is 0 Å². The fraction of sp³-hybridized carbons (Fsp3) is 0.625. The van der Waals surface area contributed by atoms with E-state index < -0.39 is 43.0 Å². The molecule has 0 aliphatic heterocycles. The molecule has 1 aromatic carbocycles. The maximum absolute atomic E-state index is 6.59. The van der Waals surface area contributed by atoms with Gasteiger partial charge in [0.05, 0.1) is 0 Å². The van der Waals surface area contributed by atoms with Crippen LogP contribution >= 0.6 is 0 Å². The molecular weight excluding hydrogens is 397 g/mol. The third-order valence-electron chi connectivity index (χ3n) is 3.19. The first-order valence-corrected chi connectivity index (χ1v) is 23.0. The highest BCUT2D eigenvalue weighted by Gasteiger charge is 2.42. The van der Waals surface area contributed by atoms with Crippen molar-refractivity contribution in [3.63, 3.8) is 0 Å². The molecule has 0 bridgehead atoms. The standard InChI is InChI=1S/C16H36O4Si5/c1-21(17-24(8,9)19-22(2,3)4)18-25(10,20-23(5,6)7)16-14-12-11-13-15-16/h11-15,21H,1-10H3. The Morgan fingerprint density at radius 3 is 1.60 bits per heavy atom. The first kappa shape index (κ1) is 23.2. The predicted octanol–water partition coefficient (Wildman–Crippen LogP) is 4.25. The third-order valence-corrected chi connectivity index (χ3v) is 19.7. The van der Waals surface area contributed by atoms with E-state index in [9.17, 15) is 0 Å². The van der Waals surface area contributed by atoms with Gasteiger partial charge in [0.1, 0.15) is 0 Å². The van der Waals surface area contributed by atoms with Crippen LogP contribution in [-0.2, 0) is 16.5 Å². The Labute approximate surface area is 160 Å². The second-order valence-corrected chi connectivity index (χ2v) is 27.3. The van der Waals surface area contributed by atoms with Crippen molar-refractivity contribution in [2.75, 3.05) is 0 Å². The second-order valence-electron chi connectivity index (χ2n) is 8.94. The van der Waals surface area contributed by atoms with Crippen molar-refractivity contribution >= 4 is 48.2 Å². The SMILES string of the molecule is C[SiH](O[Si](C)(C)O[Si](C)(C)C)O[Si](C)(O[Si](C)(C)C)c1ccccc1. The van der Waals surface area contributed by atoms with Crippen LogP contribution in [0.4, 0.5) is 0 Å². The van der Waals surface area contributed by atoms with E-state index in [-0.39, 0.29) is 0 Å². The quantitative estimate of drug-likeness (QED) is 0.546. The van der Waals surface area contributed by atoms with Gasteiger partial charge < -0.3 is 16.5 Å². The molecule has 0 radical (unpaired) electrons. The number of benzene rings is 1. The normalized spacial score (nSPS) is 17.2. The zero-order valence-corrected chi connectivity index (χ0v) is 22.8. The van der Waals surface area contributed by atoms with Crippen LogP contribution in [0.2, 0.25) is 65.5 Å². The van der Waals surface area contributed by atoms with E-state index >= 15 is 0 Å². The Kier molecular flexibility index (Phi) is 7.83. The Bertz CT molecular complexity index is 542. The highest BCUT2D eigenvalue weighted by molar-refractivity contribution is 6.92. The number of hydrogen-bond acceptors (Lipinski definition) is 4. The van der Waals surface area contributed by atoms with Crippen molar-refractivity contribution in [3.05, 3.63) is 30.3 Å². The molecule has 2 atom stereocenters. The van der Waals surface area contributed by atoms with E-state index in [1.165, 1.54) is 5.19 Å². The lowest BCUT2D eigenvalue weighted by molar-refractivity contribution is 0.324. The summed E-state index contributed by atoms with van der Waals surface area (Å²) in [5.74, 6) is 0. The average molecular weight is 433 g/mol. The zero-order chi connectivity index (χ0) is 19.5. The van der Waals surface area contributed by atoms with Crippen molar-refractivity contribution in [1.82, 2.24) is 0 Å². The van der Waals surface area contributed by atoms with E-state index in [2.05, 4.69) is 89.7 Å². The predicted molar refractivity (Wildman–Crippen MR) is 119 cm³/mol. The van der Waals surface area contributed by atoms with E-state index in [1.54, 1.807) is 0 Å². The van der Waals surface area contributed by atoms with Gasteiger partial charge in [-0.1, -0.05) is 30.3 Å². The van der Waals surface area contributed by atoms with Crippen LogP contribution in [0, 0.1) is 0 Å². The van der Waals surface area contributed by atoms with Crippen LogP contribution in [0.1, 0.15) is 0 Å². The van der Waals surface area contributed by atoms with Crippen molar-refractivity contribution in [1.29, 1.82) is 0 Å². The molecule has 0 amide bonds. The van der Waals surface area contributed by atoms with E-state index in [0.29, 0.717) is 0 Å². The Hall–Kier alpha value is 0.144. The zero-order valence-electron chi connectivity index (χ0n) is 17.6. The molecule has 0 N–H and O–H groups in total. The maximum atomic E-state index is 6.59. The average Bonchev–Trinajstić information content (AvgIpc) is 2.33. The molecule has 1 aromatic rings. The van der Waals surface area contributed by atoms with Crippen molar-refractivity contribution in [3.8, 4) is 0 Å². The molecule has 0 fully saturated rings. The van der Waals surface area contributed by atoms with Crippen molar-refractivity contribution < 1.29 is 16.5 Å². The summed E-state index contributed by atoms with van der Waals surface area (Å²) in [6.07, 6.45) is 0. The fourth-order valence-corrected chi connectivity index (χ4v) is 23.0. The van der Waals surface area contributed by atoms with Gasteiger partial charge >= 0.3 is 26.4 Å². The highest BCUT2D eigenvalue weighted by atomic mass is 28.5. The van der Waals surface area contributed by atoms with E-state index in [0.717, 1.165) is 0 Å². The number of hydrogen-bond donors (Lipinski definition) is 0. The molecule has 9 heteroatoms. The molecule has 0 aromatic heterocycles. The molecule has 2 unspecified atom stereocenters. The van der Waals surface area contributed by atoms with Gasteiger partial charge in [-0.2, -0.15) is 0 Å². The lowest BCUT2D eigenvalue weighted by Gasteiger charge is -2.38. The molecular formula is C16H36O4Si5. The molecule has 0 spiro atoms. The lowest BCUT2D eigenvalue weighted by Crippen LogP contribution is -2.60. The summed E-state index contributed by atoms with van der Waals surface area (Å²) in [7, 11) is -9.95. The van der Waals surface area contributed by atoms with Crippen LogP contribution in [0.3, 0.4) is 0 Å². The van der Waals surface area contributed by atoms with Gasteiger partial charge in [0.15, 0.2) is 16.6 Å². The van der Waals surface area contributed by atoms with Gasteiger partial charge in [-0.15, -0.1) is 0 Å². The molecule has 0 saturated carbocycles. The van der Waals surface area contributed by atoms with Crippen molar-refractivity contribution in [2.45, 2.75) is 65.5 Å². The Morgan fingerprint density at radius 1 is 0.680 bits per heavy atom. The summed E-state index contributed by atoms with van der Waals surface area (Å²) in [4.78, 5) is 0. The topological polar surface area (TPSA) is 36.9 Å². The van der Waals surface area contributed by atoms with Gasteiger partial charge in [-0.3, -0.25) is 0 Å². The largest absolute Gasteiger partial charge is 0.437 e. The first-order valence-electron chi connectivity index (χ1n) is 8.93. The van der Waals surface area contributed by atoms with Gasteiger partial charge in [0.25, 0.3) is 0 Å². The summed E-state index contributed by atoms with van der Waals surface area (Å²) in [5.41, 5.74) is 0. The van der Waals surface area contributed by atoms with Crippen LogP contribution in [-0.4, -0.2) is 43.0 Å². The second kappa shape index (κ2) is 8.44. The molecule has 0 aliphatic rings. The Morgan fingerprint density at radius 2 is 1.16 bits per heavy atom. The van der Waals surface area contributed by atoms with Crippen LogP contribution in [0.25, 0.3) is 0 Å². The van der Waals surface area contributed by atoms with Crippen LogP contribution < -0.4 is 5.19 Å². The minimum Gasteiger partial charge on any atom is -0.437 e. The van der Waals surface area contributed by atoms with E-state index in [4.69, 9.17) is 16.5 Å². The summed E-state index contributed by atoms with van der Waals surface area (Å²) < 4.78 is 25.9.